The summed E-state index contributed by atoms with van der Waals surface area (Å²) in [5, 5.41) is 11.9. The predicted octanol–water partition coefficient (Wildman–Crippen LogP) is 9.98. The molecule has 0 aliphatic carbocycles. The first-order chi connectivity index (χ1) is 29.2. The van der Waals surface area contributed by atoms with E-state index in [2.05, 4.69) is 66.4 Å². The lowest BCUT2D eigenvalue weighted by molar-refractivity contribution is -0.143. The van der Waals surface area contributed by atoms with Crippen molar-refractivity contribution in [2.45, 2.75) is 46.0 Å². The number of para-hydroxylation sites is 1. The number of carbonyl (C=O) groups is 4. The fourth-order valence-corrected chi connectivity index (χ4v) is 6.46. The summed E-state index contributed by atoms with van der Waals surface area (Å²) >= 11 is 4.25. The van der Waals surface area contributed by atoms with E-state index in [-0.39, 0.29) is 56.9 Å². The molecule has 0 spiro atoms. The number of ether oxygens (including phenoxy) is 3. The number of alkyl halides is 3. The molecule has 0 aliphatic heterocycles. The molecule has 322 valence electrons. The van der Waals surface area contributed by atoms with Gasteiger partial charge in [0.1, 0.15) is 11.5 Å². The Kier molecular flexibility index (Phi) is 19.6. The van der Waals surface area contributed by atoms with E-state index in [1.807, 2.05) is 78.9 Å². The van der Waals surface area contributed by atoms with E-state index in [1.54, 1.807) is 26.0 Å². The van der Waals surface area contributed by atoms with Crippen molar-refractivity contribution < 1.29 is 46.6 Å². The first kappa shape index (κ1) is 48.3. The molecular weight excluding hydrogens is 1020 g/mol. The van der Waals surface area contributed by atoms with Crippen molar-refractivity contribution in [2.75, 3.05) is 36.9 Å². The summed E-state index contributed by atoms with van der Waals surface area (Å²) < 4.78 is 55.4. The quantitative estimate of drug-likeness (QED) is 0.0498. The second-order valence-corrected chi connectivity index (χ2v) is 15.5. The van der Waals surface area contributed by atoms with Crippen molar-refractivity contribution in [3.8, 4) is 11.5 Å². The van der Waals surface area contributed by atoms with Gasteiger partial charge < -0.3 is 35.5 Å². The monoisotopic (exact) mass is 1060 g/mol. The van der Waals surface area contributed by atoms with E-state index in [4.69, 9.17) is 14.2 Å². The molecular formula is C45H45F3I2N4O7. The van der Waals surface area contributed by atoms with Crippen molar-refractivity contribution in [2.24, 2.45) is 0 Å². The largest absolute Gasteiger partial charge is 0.466 e. The number of rotatable bonds is 18. The third-order valence-electron chi connectivity index (χ3n) is 8.42. The molecule has 5 aromatic carbocycles. The summed E-state index contributed by atoms with van der Waals surface area (Å²) in [5.41, 5.74) is 3.12. The lowest BCUT2D eigenvalue weighted by atomic mass is 10.1. The molecule has 5 rings (SSSR count). The zero-order chi connectivity index (χ0) is 44.2. The molecule has 0 aliphatic rings. The van der Waals surface area contributed by atoms with Crippen LogP contribution in [0.3, 0.4) is 0 Å². The number of esters is 2. The highest BCUT2D eigenvalue weighted by Crippen LogP contribution is 2.29. The molecule has 0 saturated heterocycles. The fourth-order valence-electron chi connectivity index (χ4n) is 5.48. The molecule has 2 amide bonds. The molecule has 11 nitrogen and oxygen atoms in total. The van der Waals surface area contributed by atoms with E-state index in [1.165, 1.54) is 12.1 Å². The van der Waals surface area contributed by atoms with Crippen LogP contribution >= 0.6 is 45.2 Å². The molecule has 0 radical (unpaired) electrons. The summed E-state index contributed by atoms with van der Waals surface area (Å²) in [6, 6.07) is 33.1. The Morgan fingerprint density at radius 2 is 1.07 bits per heavy atom. The maximum absolute atomic E-state index is 12.7. The van der Waals surface area contributed by atoms with Gasteiger partial charge in [-0.3, -0.25) is 19.2 Å². The summed E-state index contributed by atoms with van der Waals surface area (Å²) in [4.78, 5) is 48.0. The van der Waals surface area contributed by atoms with Crippen LogP contribution in [-0.4, -0.2) is 50.1 Å². The van der Waals surface area contributed by atoms with E-state index < -0.39 is 17.7 Å². The fraction of sp³-hybridized carbons (Fsp3) is 0.244. The summed E-state index contributed by atoms with van der Waals surface area (Å²) in [6.07, 6.45) is -4.17. The number of amides is 2. The maximum Gasteiger partial charge on any atom is 0.416 e. The Balaban J connectivity index is 0.000000270. The Bertz CT molecular complexity index is 2230. The standard InChI is InChI=1S/C25H25IN2O4.C20H20F3IN2O3/c1-2-31-24(29)13-14-27-25(30)22-16-19(26)11-12-23(22)28-17-18-7-6-10-21(15-18)32-20-8-4-3-5-9-20;1-2-29-18(27)9-10-25-19(28)16-11-15(24)7-8-17(16)26-12-13-3-5-14(6-4-13)20(21,22)23/h3-12,15-16,28H,2,13-14,17H2,1H3,(H,27,30);3-8,11,26H,2,9-10,12H2,1H3,(H,25,28). The first-order valence-electron chi connectivity index (χ1n) is 19.2. The summed E-state index contributed by atoms with van der Waals surface area (Å²) in [7, 11) is 0. The van der Waals surface area contributed by atoms with Crippen molar-refractivity contribution in [1.29, 1.82) is 0 Å². The Morgan fingerprint density at radius 1 is 0.574 bits per heavy atom. The van der Waals surface area contributed by atoms with E-state index in [0.29, 0.717) is 41.2 Å². The second-order valence-electron chi connectivity index (χ2n) is 13.0. The summed E-state index contributed by atoms with van der Waals surface area (Å²) in [5.74, 6) is 0.203. The van der Waals surface area contributed by atoms with Gasteiger partial charge in [-0.05, 0) is 143 Å². The van der Waals surface area contributed by atoms with Crippen LogP contribution in [0.2, 0.25) is 0 Å². The van der Waals surface area contributed by atoms with Gasteiger partial charge in [-0.1, -0.05) is 42.5 Å². The number of hydrogen-bond donors (Lipinski definition) is 4. The molecule has 0 atom stereocenters. The number of hydrogen-bond acceptors (Lipinski definition) is 9. The first-order valence-corrected chi connectivity index (χ1v) is 21.3. The van der Waals surface area contributed by atoms with Crippen LogP contribution in [-0.2, 0) is 38.3 Å². The summed E-state index contributed by atoms with van der Waals surface area (Å²) in [6.45, 7) is 5.21. The minimum Gasteiger partial charge on any atom is -0.466 e. The molecule has 0 fully saturated rings. The zero-order valence-electron chi connectivity index (χ0n) is 33.4. The smallest absolute Gasteiger partial charge is 0.416 e. The van der Waals surface area contributed by atoms with Gasteiger partial charge >= 0.3 is 18.1 Å². The second kappa shape index (κ2) is 24.8. The predicted molar refractivity (Wildman–Crippen MR) is 245 cm³/mol. The number of benzene rings is 5. The molecule has 0 aromatic heterocycles. The Morgan fingerprint density at radius 3 is 1.56 bits per heavy atom. The Labute approximate surface area is 379 Å². The van der Waals surface area contributed by atoms with Crippen molar-refractivity contribution in [1.82, 2.24) is 10.6 Å². The van der Waals surface area contributed by atoms with Gasteiger partial charge in [0.2, 0.25) is 0 Å². The number of anilines is 2. The molecule has 61 heavy (non-hydrogen) atoms. The average Bonchev–Trinajstić information content (AvgIpc) is 3.23. The van der Waals surface area contributed by atoms with Gasteiger partial charge in [-0.15, -0.1) is 0 Å². The third-order valence-corrected chi connectivity index (χ3v) is 9.76. The lowest BCUT2D eigenvalue weighted by Gasteiger charge is -2.14. The van der Waals surface area contributed by atoms with Crippen molar-refractivity contribution in [3.05, 3.63) is 150 Å². The van der Waals surface area contributed by atoms with Crippen molar-refractivity contribution >= 4 is 80.3 Å². The lowest BCUT2D eigenvalue weighted by Crippen LogP contribution is -2.27. The molecule has 4 N–H and O–H groups in total. The normalized spacial score (nSPS) is 10.7. The van der Waals surface area contributed by atoms with E-state index in [0.717, 1.165) is 36.3 Å². The van der Waals surface area contributed by atoms with Gasteiger partial charge in [0.15, 0.2) is 0 Å². The minimum atomic E-state index is -4.38. The third kappa shape index (κ3) is 16.9. The zero-order valence-corrected chi connectivity index (χ0v) is 37.7. The van der Waals surface area contributed by atoms with Gasteiger partial charge in [0, 0.05) is 44.7 Å². The molecule has 0 bridgehead atoms. The van der Waals surface area contributed by atoms with Gasteiger partial charge in [-0.25, -0.2) is 0 Å². The minimum absolute atomic E-state index is 0.0673. The molecule has 0 heterocycles. The van der Waals surface area contributed by atoms with Crippen molar-refractivity contribution in [3.63, 3.8) is 0 Å². The Hall–Kier alpha value is -5.37. The number of carbonyl (C=O) groups excluding carboxylic acids is 4. The van der Waals surface area contributed by atoms with Crippen LogP contribution in [0.5, 0.6) is 11.5 Å². The number of halogens is 5. The van der Waals surface area contributed by atoms with Crippen LogP contribution in [0.15, 0.2) is 115 Å². The topological polar surface area (TPSA) is 144 Å². The average molecular weight is 1060 g/mol. The van der Waals surface area contributed by atoms with Gasteiger partial charge in [0.25, 0.3) is 11.8 Å². The molecule has 0 unspecified atom stereocenters. The highest BCUT2D eigenvalue weighted by molar-refractivity contribution is 14.1. The van der Waals surface area contributed by atoms with E-state index >= 15 is 0 Å². The van der Waals surface area contributed by atoms with Crippen LogP contribution < -0.4 is 26.0 Å². The maximum atomic E-state index is 12.7. The van der Waals surface area contributed by atoms with Gasteiger partial charge in [0.05, 0.1) is 42.7 Å². The highest BCUT2D eigenvalue weighted by Gasteiger charge is 2.30. The SMILES string of the molecule is CCOC(=O)CCNC(=O)c1cc(I)ccc1NCc1ccc(C(F)(F)F)cc1.CCOC(=O)CCNC(=O)c1cc(I)ccc1NCc1cccc(Oc2ccccc2)c1. The molecule has 0 saturated carbocycles. The molecule has 16 heteroatoms. The van der Waals surface area contributed by atoms with Crippen LogP contribution in [0.4, 0.5) is 24.5 Å². The molecule has 5 aromatic rings. The van der Waals surface area contributed by atoms with E-state index in [9.17, 15) is 32.3 Å². The number of nitrogens with one attached hydrogen (secondary N) is 4. The van der Waals surface area contributed by atoms with Gasteiger partial charge in [-0.2, -0.15) is 13.2 Å². The highest BCUT2D eigenvalue weighted by atomic mass is 127. The van der Waals surface area contributed by atoms with Crippen LogP contribution in [0, 0.1) is 7.14 Å². The van der Waals surface area contributed by atoms with Crippen LogP contribution in [0.1, 0.15) is 64.1 Å². The van der Waals surface area contributed by atoms with Crippen LogP contribution in [0.25, 0.3) is 0 Å².